The van der Waals surface area contributed by atoms with Gasteiger partial charge in [0.05, 0.1) is 12.2 Å². The molecule has 0 radical (unpaired) electrons. The molecule has 0 aromatic carbocycles. The van der Waals surface area contributed by atoms with Crippen molar-refractivity contribution >= 4 is 0 Å². The highest BCUT2D eigenvalue weighted by Crippen LogP contribution is 2.30. The maximum absolute atomic E-state index is 9.43. The highest BCUT2D eigenvalue weighted by Gasteiger charge is 2.30. The summed E-state index contributed by atoms with van der Waals surface area (Å²) in [4.78, 5) is 2.43. The molecule has 2 aliphatic rings. The third-order valence-electron chi connectivity index (χ3n) is 4.05. The topological polar surface area (TPSA) is 43.7 Å². The minimum atomic E-state index is -0.0554. The summed E-state index contributed by atoms with van der Waals surface area (Å²) in [5.74, 6) is 0.705. The number of hydrogen-bond donors (Lipinski definition) is 2. The average molecular weight is 213 g/mol. The highest BCUT2D eigenvalue weighted by molar-refractivity contribution is 4.84. The van der Waals surface area contributed by atoms with Crippen molar-refractivity contribution in [1.29, 1.82) is 0 Å². The van der Waals surface area contributed by atoms with Crippen molar-refractivity contribution in [2.24, 2.45) is 5.92 Å². The standard InChI is InChI=1S/C12H23NO2/c1-13(8-9-6-12(15)7-9)10-2-4-11(14)5-3-10/h9-12,14-15H,2-8H2,1H3. The van der Waals surface area contributed by atoms with Gasteiger partial charge in [-0.25, -0.2) is 0 Å². The van der Waals surface area contributed by atoms with Gasteiger partial charge < -0.3 is 15.1 Å². The number of nitrogens with zero attached hydrogens (tertiary/aromatic N) is 1. The summed E-state index contributed by atoms with van der Waals surface area (Å²) in [5, 5.41) is 18.7. The van der Waals surface area contributed by atoms with E-state index in [1.54, 1.807) is 0 Å². The summed E-state index contributed by atoms with van der Waals surface area (Å²) in [5.41, 5.74) is 0. The first-order valence-electron chi connectivity index (χ1n) is 6.21. The second-order valence-electron chi connectivity index (χ2n) is 5.39. The first kappa shape index (κ1) is 11.4. The first-order valence-corrected chi connectivity index (χ1v) is 6.21. The maximum atomic E-state index is 9.43. The molecule has 88 valence electrons. The van der Waals surface area contributed by atoms with Gasteiger partial charge in [0.2, 0.25) is 0 Å². The molecule has 2 aliphatic carbocycles. The smallest absolute Gasteiger partial charge is 0.0546 e. The Balaban J connectivity index is 1.69. The molecule has 2 fully saturated rings. The summed E-state index contributed by atoms with van der Waals surface area (Å²) in [6.45, 7) is 1.12. The fraction of sp³-hybridized carbons (Fsp3) is 1.00. The molecule has 0 atom stereocenters. The Labute approximate surface area is 92.1 Å². The quantitative estimate of drug-likeness (QED) is 0.735. The lowest BCUT2D eigenvalue weighted by Gasteiger charge is -2.39. The minimum absolute atomic E-state index is 0.0309. The van der Waals surface area contributed by atoms with Crippen LogP contribution in [0.1, 0.15) is 38.5 Å². The van der Waals surface area contributed by atoms with Crippen molar-refractivity contribution in [2.75, 3.05) is 13.6 Å². The molecule has 0 unspecified atom stereocenters. The first-order chi connectivity index (χ1) is 7.15. The molecule has 2 N–H and O–H groups in total. The van der Waals surface area contributed by atoms with E-state index in [1.165, 1.54) is 0 Å². The molecule has 0 spiro atoms. The molecule has 3 nitrogen and oxygen atoms in total. The van der Waals surface area contributed by atoms with E-state index in [9.17, 15) is 10.2 Å². The molecule has 0 aliphatic heterocycles. The minimum Gasteiger partial charge on any atom is -0.393 e. The number of aliphatic hydroxyl groups is 2. The molecule has 0 amide bonds. The van der Waals surface area contributed by atoms with E-state index in [4.69, 9.17) is 0 Å². The van der Waals surface area contributed by atoms with E-state index >= 15 is 0 Å². The average Bonchev–Trinajstić information content (AvgIpc) is 2.16. The fourth-order valence-electron chi connectivity index (χ4n) is 2.90. The van der Waals surface area contributed by atoms with Crippen LogP contribution in [0.25, 0.3) is 0 Å². The van der Waals surface area contributed by atoms with E-state index in [0.29, 0.717) is 12.0 Å². The third kappa shape index (κ3) is 2.92. The van der Waals surface area contributed by atoms with Gasteiger partial charge in [-0.1, -0.05) is 0 Å². The summed E-state index contributed by atoms with van der Waals surface area (Å²) < 4.78 is 0. The largest absolute Gasteiger partial charge is 0.393 e. The second kappa shape index (κ2) is 4.81. The Kier molecular flexibility index (Phi) is 3.65. The van der Waals surface area contributed by atoms with Crippen molar-refractivity contribution < 1.29 is 10.2 Å². The van der Waals surface area contributed by atoms with Gasteiger partial charge in [-0.15, -0.1) is 0 Å². The van der Waals surface area contributed by atoms with Crippen LogP contribution < -0.4 is 0 Å². The van der Waals surface area contributed by atoms with E-state index in [2.05, 4.69) is 11.9 Å². The van der Waals surface area contributed by atoms with E-state index < -0.39 is 0 Å². The lowest BCUT2D eigenvalue weighted by atomic mass is 9.81. The van der Waals surface area contributed by atoms with Crippen LogP contribution >= 0.6 is 0 Å². The number of rotatable bonds is 3. The van der Waals surface area contributed by atoms with Gasteiger partial charge in [-0.2, -0.15) is 0 Å². The lowest BCUT2D eigenvalue weighted by molar-refractivity contribution is 0.0130. The van der Waals surface area contributed by atoms with Crippen LogP contribution in [0.2, 0.25) is 0 Å². The van der Waals surface area contributed by atoms with Crippen molar-refractivity contribution in [3.05, 3.63) is 0 Å². The predicted molar refractivity (Wildman–Crippen MR) is 59.6 cm³/mol. The zero-order valence-corrected chi connectivity index (χ0v) is 9.60. The molecular weight excluding hydrogens is 190 g/mol. The van der Waals surface area contributed by atoms with Gasteiger partial charge >= 0.3 is 0 Å². The normalized spacial score (nSPS) is 41.6. The molecule has 3 heteroatoms. The van der Waals surface area contributed by atoms with E-state index in [1.807, 2.05) is 0 Å². The van der Waals surface area contributed by atoms with Gasteiger partial charge in [0, 0.05) is 12.6 Å². The zero-order valence-electron chi connectivity index (χ0n) is 9.60. The Bertz CT molecular complexity index is 196. The van der Waals surface area contributed by atoms with Crippen molar-refractivity contribution in [3.63, 3.8) is 0 Å². The van der Waals surface area contributed by atoms with Gasteiger partial charge in [-0.05, 0) is 51.5 Å². The lowest BCUT2D eigenvalue weighted by Crippen LogP contribution is -2.43. The van der Waals surface area contributed by atoms with E-state index in [0.717, 1.165) is 45.1 Å². The SMILES string of the molecule is CN(CC1CC(O)C1)C1CCC(O)CC1. The predicted octanol–water partition coefficient (Wildman–Crippen LogP) is 0.993. The summed E-state index contributed by atoms with van der Waals surface area (Å²) in [6.07, 6.45) is 6.07. The van der Waals surface area contributed by atoms with Crippen LogP contribution in [-0.2, 0) is 0 Å². The van der Waals surface area contributed by atoms with Crippen LogP contribution in [0, 0.1) is 5.92 Å². The van der Waals surface area contributed by atoms with Gasteiger partial charge in [0.25, 0.3) is 0 Å². The van der Waals surface area contributed by atoms with Gasteiger partial charge in [0.15, 0.2) is 0 Å². The van der Waals surface area contributed by atoms with Crippen molar-refractivity contribution in [1.82, 2.24) is 4.90 Å². The van der Waals surface area contributed by atoms with Crippen LogP contribution in [0.5, 0.6) is 0 Å². The van der Waals surface area contributed by atoms with Crippen LogP contribution in [0.3, 0.4) is 0 Å². The van der Waals surface area contributed by atoms with E-state index in [-0.39, 0.29) is 12.2 Å². The third-order valence-corrected chi connectivity index (χ3v) is 4.05. The molecule has 0 heterocycles. The molecular formula is C12H23NO2. The van der Waals surface area contributed by atoms with Crippen molar-refractivity contribution in [2.45, 2.75) is 56.8 Å². The highest BCUT2D eigenvalue weighted by atomic mass is 16.3. The Morgan fingerprint density at radius 1 is 1.00 bits per heavy atom. The molecule has 0 aromatic rings. The van der Waals surface area contributed by atoms with Crippen molar-refractivity contribution in [3.8, 4) is 0 Å². The van der Waals surface area contributed by atoms with Crippen LogP contribution in [-0.4, -0.2) is 47.0 Å². The maximum Gasteiger partial charge on any atom is 0.0546 e. The zero-order chi connectivity index (χ0) is 10.8. The molecule has 0 aromatic heterocycles. The molecule has 0 saturated heterocycles. The summed E-state index contributed by atoms with van der Waals surface area (Å²) >= 11 is 0. The molecule has 2 saturated carbocycles. The monoisotopic (exact) mass is 213 g/mol. The summed E-state index contributed by atoms with van der Waals surface area (Å²) in [6, 6.07) is 0.658. The van der Waals surface area contributed by atoms with Crippen LogP contribution in [0.15, 0.2) is 0 Å². The molecule has 2 rings (SSSR count). The molecule has 15 heavy (non-hydrogen) atoms. The number of aliphatic hydroxyl groups excluding tert-OH is 2. The van der Waals surface area contributed by atoms with Crippen LogP contribution in [0.4, 0.5) is 0 Å². The summed E-state index contributed by atoms with van der Waals surface area (Å²) in [7, 11) is 2.19. The Morgan fingerprint density at radius 3 is 2.13 bits per heavy atom. The fourth-order valence-corrected chi connectivity index (χ4v) is 2.90. The Hall–Kier alpha value is -0.120. The number of hydrogen-bond acceptors (Lipinski definition) is 3. The van der Waals surface area contributed by atoms with Gasteiger partial charge in [-0.3, -0.25) is 0 Å². The van der Waals surface area contributed by atoms with Gasteiger partial charge in [0.1, 0.15) is 0 Å². The Morgan fingerprint density at radius 2 is 1.60 bits per heavy atom. The second-order valence-corrected chi connectivity index (χ2v) is 5.39. The molecule has 0 bridgehead atoms.